The number of hydrogen-bond donors (Lipinski definition) is 1. The Morgan fingerprint density at radius 2 is 1.96 bits per heavy atom. The predicted octanol–water partition coefficient (Wildman–Crippen LogP) is 0.517. The molecule has 2 saturated heterocycles. The van der Waals surface area contributed by atoms with Gasteiger partial charge in [-0.1, -0.05) is 30.3 Å². The van der Waals surface area contributed by atoms with Crippen LogP contribution in [0.3, 0.4) is 0 Å². The van der Waals surface area contributed by atoms with Gasteiger partial charge in [-0.15, -0.1) is 0 Å². The van der Waals surface area contributed by atoms with Crippen LogP contribution >= 0.6 is 0 Å². The normalized spacial score (nSPS) is 23.1. The van der Waals surface area contributed by atoms with Crippen molar-refractivity contribution in [2.45, 2.75) is 31.5 Å². The Kier molecular flexibility index (Phi) is 4.29. The van der Waals surface area contributed by atoms with Gasteiger partial charge in [0.2, 0.25) is 5.91 Å². The number of amides is 3. The van der Waals surface area contributed by atoms with Crippen LogP contribution in [0.4, 0.5) is 4.79 Å². The standard InChI is InChI=1S/C16H18N2O5/c19-9-15(21)18-12-6-7-17(13(12)8-14(18)20)16(22)23-10-11-4-2-1-3-5-11/h1-5,12-13,19H,6-10H2/t12-,13+/m0/s1. The number of aliphatic hydroxyl groups is 1. The maximum Gasteiger partial charge on any atom is 0.410 e. The molecule has 23 heavy (non-hydrogen) atoms. The van der Waals surface area contributed by atoms with Crippen molar-refractivity contribution in [3.05, 3.63) is 35.9 Å². The van der Waals surface area contributed by atoms with Gasteiger partial charge in [0.15, 0.2) is 0 Å². The molecule has 3 amide bonds. The van der Waals surface area contributed by atoms with Gasteiger partial charge in [-0.05, 0) is 12.0 Å². The molecule has 0 aromatic heterocycles. The Balaban J connectivity index is 1.63. The molecular formula is C16H18N2O5. The number of aliphatic hydroxyl groups excluding tert-OH is 1. The van der Waals surface area contributed by atoms with Crippen LogP contribution in [-0.2, 0) is 20.9 Å². The minimum Gasteiger partial charge on any atom is -0.445 e. The Labute approximate surface area is 133 Å². The zero-order valence-electron chi connectivity index (χ0n) is 12.6. The third-order valence-corrected chi connectivity index (χ3v) is 4.34. The highest BCUT2D eigenvalue weighted by molar-refractivity contribution is 5.98. The van der Waals surface area contributed by atoms with Crippen molar-refractivity contribution in [1.82, 2.24) is 9.80 Å². The molecule has 122 valence electrons. The highest BCUT2D eigenvalue weighted by atomic mass is 16.6. The molecule has 2 heterocycles. The summed E-state index contributed by atoms with van der Waals surface area (Å²) in [5, 5.41) is 8.97. The Bertz CT molecular complexity index is 618. The number of carbonyl (C=O) groups excluding carboxylic acids is 3. The predicted molar refractivity (Wildman–Crippen MR) is 79.1 cm³/mol. The van der Waals surface area contributed by atoms with Crippen LogP contribution in [0.5, 0.6) is 0 Å². The van der Waals surface area contributed by atoms with Crippen molar-refractivity contribution in [2.24, 2.45) is 0 Å². The van der Waals surface area contributed by atoms with E-state index in [1.165, 1.54) is 4.90 Å². The Morgan fingerprint density at radius 3 is 2.65 bits per heavy atom. The summed E-state index contributed by atoms with van der Waals surface area (Å²) >= 11 is 0. The van der Waals surface area contributed by atoms with Gasteiger partial charge >= 0.3 is 6.09 Å². The van der Waals surface area contributed by atoms with Gasteiger partial charge in [-0.2, -0.15) is 0 Å². The van der Waals surface area contributed by atoms with E-state index in [9.17, 15) is 14.4 Å². The van der Waals surface area contributed by atoms with Crippen LogP contribution in [0.15, 0.2) is 30.3 Å². The van der Waals surface area contributed by atoms with Crippen molar-refractivity contribution >= 4 is 17.9 Å². The lowest BCUT2D eigenvalue weighted by Crippen LogP contribution is -2.43. The fourth-order valence-corrected chi connectivity index (χ4v) is 3.28. The lowest BCUT2D eigenvalue weighted by Gasteiger charge is -2.23. The monoisotopic (exact) mass is 318 g/mol. The number of rotatable bonds is 3. The minimum atomic E-state index is -0.701. The topological polar surface area (TPSA) is 87.2 Å². The molecule has 2 fully saturated rings. The second-order valence-corrected chi connectivity index (χ2v) is 5.68. The summed E-state index contributed by atoms with van der Waals surface area (Å²) in [6.07, 6.45) is 0.131. The molecule has 1 aromatic carbocycles. The Morgan fingerprint density at radius 1 is 1.22 bits per heavy atom. The van der Waals surface area contributed by atoms with Gasteiger partial charge < -0.3 is 14.7 Å². The van der Waals surface area contributed by atoms with E-state index in [2.05, 4.69) is 0 Å². The first-order chi connectivity index (χ1) is 11.1. The SMILES string of the molecule is O=C(OCc1ccccc1)N1CC[C@H]2[C@H]1CC(=O)N2C(=O)CO. The van der Waals surface area contributed by atoms with Crippen LogP contribution < -0.4 is 0 Å². The smallest absolute Gasteiger partial charge is 0.410 e. The first-order valence-corrected chi connectivity index (χ1v) is 7.55. The molecule has 2 aliphatic rings. The molecule has 0 bridgehead atoms. The molecule has 1 aromatic rings. The number of hydrogen-bond acceptors (Lipinski definition) is 5. The fourth-order valence-electron chi connectivity index (χ4n) is 3.28. The van der Waals surface area contributed by atoms with Crippen molar-refractivity contribution in [1.29, 1.82) is 0 Å². The zero-order valence-corrected chi connectivity index (χ0v) is 12.6. The molecule has 2 atom stereocenters. The number of ether oxygens (including phenoxy) is 1. The van der Waals surface area contributed by atoms with E-state index in [4.69, 9.17) is 9.84 Å². The molecule has 2 aliphatic heterocycles. The second-order valence-electron chi connectivity index (χ2n) is 5.68. The maximum absolute atomic E-state index is 12.3. The summed E-state index contributed by atoms with van der Waals surface area (Å²) in [6, 6.07) is 8.62. The second kappa shape index (κ2) is 6.37. The summed E-state index contributed by atoms with van der Waals surface area (Å²) in [4.78, 5) is 38.5. The van der Waals surface area contributed by atoms with E-state index in [-0.39, 0.29) is 31.0 Å². The van der Waals surface area contributed by atoms with E-state index in [1.807, 2.05) is 30.3 Å². The van der Waals surface area contributed by atoms with E-state index in [1.54, 1.807) is 0 Å². The van der Waals surface area contributed by atoms with E-state index in [0.29, 0.717) is 13.0 Å². The summed E-state index contributed by atoms with van der Waals surface area (Å²) in [5.74, 6) is -0.957. The fraction of sp³-hybridized carbons (Fsp3) is 0.438. The van der Waals surface area contributed by atoms with Crippen LogP contribution in [0, 0.1) is 0 Å². The number of imide groups is 1. The highest BCUT2D eigenvalue weighted by Crippen LogP contribution is 2.33. The van der Waals surface area contributed by atoms with Crippen molar-refractivity contribution < 1.29 is 24.2 Å². The molecule has 7 heteroatoms. The van der Waals surface area contributed by atoms with Crippen molar-refractivity contribution in [3.63, 3.8) is 0 Å². The Hall–Kier alpha value is -2.41. The third-order valence-electron chi connectivity index (χ3n) is 4.34. The van der Waals surface area contributed by atoms with Gasteiger partial charge in [0, 0.05) is 13.0 Å². The number of nitrogens with zero attached hydrogens (tertiary/aromatic N) is 2. The summed E-state index contributed by atoms with van der Waals surface area (Å²) < 4.78 is 5.30. The highest BCUT2D eigenvalue weighted by Gasteiger charge is 2.50. The lowest BCUT2D eigenvalue weighted by atomic mass is 10.1. The average molecular weight is 318 g/mol. The van der Waals surface area contributed by atoms with Crippen LogP contribution in [-0.4, -0.2) is 58.0 Å². The number of fused-ring (bicyclic) bond motifs is 1. The minimum absolute atomic E-state index is 0.0941. The van der Waals surface area contributed by atoms with Gasteiger partial charge in [0.1, 0.15) is 13.2 Å². The summed E-state index contributed by atoms with van der Waals surface area (Å²) in [7, 11) is 0. The first-order valence-electron chi connectivity index (χ1n) is 7.55. The number of likely N-dealkylation sites (tertiary alicyclic amines) is 2. The van der Waals surface area contributed by atoms with E-state index < -0.39 is 18.6 Å². The van der Waals surface area contributed by atoms with Crippen LogP contribution in [0.1, 0.15) is 18.4 Å². The molecule has 0 saturated carbocycles. The molecular weight excluding hydrogens is 300 g/mol. The third kappa shape index (κ3) is 2.92. The van der Waals surface area contributed by atoms with Crippen LogP contribution in [0.2, 0.25) is 0 Å². The summed E-state index contributed by atoms with van der Waals surface area (Å²) in [6.45, 7) is -0.0976. The van der Waals surface area contributed by atoms with Crippen molar-refractivity contribution in [2.75, 3.05) is 13.2 Å². The lowest BCUT2D eigenvalue weighted by molar-refractivity contribution is -0.145. The largest absolute Gasteiger partial charge is 0.445 e. The van der Waals surface area contributed by atoms with Gasteiger partial charge in [0.25, 0.3) is 5.91 Å². The first kappa shape index (κ1) is 15.5. The summed E-state index contributed by atoms with van der Waals surface area (Å²) in [5.41, 5.74) is 0.885. The molecule has 7 nitrogen and oxygen atoms in total. The molecule has 1 N–H and O–H groups in total. The van der Waals surface area contributed by atoms with Crippen LogP contribution in [0.25, 0.3) is 0 Å². The van der Waals surface area contributed by atoms with E-state index >= 15 is 0 Å². The molecule has 0 spiro atoms. The van der Waals surface area contributed by atoms with Gasteiger partial charge in [0.05, 0.1) is 12.1 Å². The quantitative estimate of drug-likeness (QED) is 0.878. The molecule has 0 aliphatic carbocycles. The maximum atomic E-state index is 12.3. The zero-order chi connectivity index (χ0) is 16.4. The molecule has 0 unspecified atom stereocenters. The number of carbonyl (C=O) groups is 3. The average Bonchev–Trinajstić information content (AvgIpc) is 3.10. The number of benzene rings is 1. The molecule has 3 rings (SSSR count). The van der Waals surface area contributed by atoms with Gasteiger partial charge in [-0.25, -0.2) is 4.79 Å². The molecule has 0 radical (unpaired) electrons. The van der Waals surface area contributed by atoms with Crippen molar-refractivity contribution in [3.8, 4) is 0 Å². The van der Waals surface area contributed by atoms with Gasteiger partial charge in [-0.3, -0.25) is 14.5 Å². The van der Waals surface area contributed by atoms with E-state index in [0.717, 1.165) is 10.5 Å².